The van der Waals surface area contributed by atoms with Gasteiger partial charge < -0.3 is 24.8 Å². The predicted molar refractivity (Wildman–Crippen MR) is 175 cm³/mol. The topological polar surface area (TPSA) is 0 Å². The standard InChI is InChI=1S/2C17H11.C6H10.2ClH.Zr/c2*1-3-8-14-12(6-1)13-7-2-4-9-15(13)17-11-5-10-16(14)17;1-2-4-6-5-3-1;;;/h2*1-11H;1-5H2;2*1H;/q;;;;;+2/p-2. The first-order valence-electron chi connectivity index (χ1n) is 15.3. The van der Waals surface area contributed by atoms with Crippen molar-refractivity contribution in [1.29, 1.82) is 0 Å². The van der Waals surface area contributed by atoms with E-state index in [1.54, 1.807) is 11.1 Å². The molecule has 210 valence electrons. The number of hydrogen-bond acceptors (Lipinski definition) is 0. The molecule has 0 N–H and O–H groups in total. The van der Waals surface area contributed by atoms with Gasteiger partial charge in [-0.2, -0.15) is 0 Å². The van der Waals surface area contributed by atoms with E-state index in [1.165, 1.54) is 86.3 Å². The minimum atomic E-state index is -2.35. The quantitative estimate of drug-likeness (QED) is 0.230. The molecule has 0 aliphatic heterocycles. The molecular formula is C40H32Cl2Zr. The van der Waals surface area contributed by atoms with Crippen LogP contribution in [-0.2, 0) is 21.3 Å². The van der Waals surface area contributed by atoms with Crippen molar-refractivity contribution in [2.24, 2.45) is 0 Å². The molecule has 43 heavy (non-hydrogen) atoms. The molecule has 3 aliphatic carbocycles. The molecule has 0 nitrogen and oxygen atoms in total. The number of allylic oxidation sites excluding steroid dienone is 2. The Bertz CT molecular complexity index is 2000. The van der Waals surface area contributed by atoms with Crippen molar-refractivity contribution in [1.82, 2.24) is 0 Å². The second kappa shape index (κ2) is 11.6. The van der Waals surface area contributed by atoms with E-state index in [1.807, 2.05) is 3.21 Å². The van der Waals surface area contributed by atoms with Crippen LogP contribution in [0.1, 0.15) is 61.6 Å². The summed E-state index contributed by atoms with van der Waals surface area (Å²) in [6, 6.07) is 36.7. The zero-order valence-electron chi connectivity index (χ0n) is 24.0. The van der Waals surface area contributed by atoms with Gasteiger partial charge in [-0.25, -0.2) is 0 Å². The smallest absolute Gasteiger partial charge is 1.00 e. The molecule has 0 saturated heterocycles. The SMILES string of the molecule is C1=C[CH]([Zr+2](=[C]2CCCCC2)[CH]2C=Cc3c2c2ccccc2c2ccccc32)c2c1c1ccccc1c1ccccc21.[Cl-].[Cl-]. The predicted octanol–water partition coefficient (Wildman–Crippen LogP) is 4.90. The van der Waals surface area contributed by atoms with E-state index in [2.05, 4.69) is 121 Å². The van der Waals surface area contributed by atoms with Gasteiger partial charge in [0.15, 0.2) is 0 Å². The fourth-order valence-corrected chi connectivity index (χ4v) is 18.4. The van der Waals surface area contributed by atoms with Gasteiger partial charge in [0.1, 0.15) is 0 Å². The molecule has 1 fully saturated rings. The van der Waals surface area contributed by atoms with Gasteiger partial charge >= 0.3 is 251 Å². The van der Waals surface area contributed by atoms with Crippen LogP contribution in [0.3, 0.4) is 0 Å². The van der Waals surface area contributed by atoms with Crippen molar-refractivity contribution in [2.45, 2.75) is 39.4 Å². The third-order valence-electron chi connectivity index (χ3n) is 10.1. The third-order valence-corrected chi connectivity index (χ3v) is 19.0. The Kier molecular flexibility index (Phi) is 7.80. The molecule has 2 atom stereocenters. The van der Waals surface area contributed by atoms with E-state index < -0.39 is 21.3 Å². The summed E-state index contributed by atoms with van der Waals surface area (Å²) in [6.07, 6.45) is 17.2. The molecule has 3 aliphatic rings. The first-order chi connectivity index (χ1) is 20.4. The molecule has 0 spiro atoms. The maximum atomic E-state index is 2.66. The van der Waals surface area contributed by atoms with E-state index in [4.69, 9.17) is 0 Å². The van der Waals surface area contributed by atoms with Gasteiger partial charge in [-0.05, 0) is 0 Å². The number of fused-ring (bicyclic) bond motifs is 12. The van der Waals surface area contributed by atoms with E-state index in [0.717, 1.165) is 0 Å². The first kappa shape index (κ1) is 28.9. The Hall–Kier alpha value is -2.83. The minimum Gasteiger partial charge on any atom is -1.00 e. The molecule has 0 bridgehead atoms. The van der Waals surface area contributed by atoms with Crippen LogP contribution >= 0.6 is 0 Å². The second-order valence-electron chi connectivity index (χ2n) is 12.1. The van der Waals surface area contributed by atoms with E-state index in [0.29, 0.717) is 7.25 Å². The Morgan fingerprint density at radius 3 is 1.19 bits per heavy atom. The molecule has 9 rings (SSSR count). The molecule has 6 aromatic carbocycles. The van der Waals surface area contributed by atoms with Crippen molar-refractivity contribution in [3.05, 3.63) is 131 Å². The van der Waals surface area contributed by atoms with Crippen molar-refractivity contribution >= 4 is 58.4 Å². The Morgan fingerprint density at radius 1 is 0.419 bits per heavy atom. The molecule has 2 unspecified atom stereocenters. The molecule has 0 amide bonds. The van der Waals surface area contributed by atoms with Gasteiger partial charge in [-0.15, -0.1) is 0 Å². The van der Waals surface area contributed by atoms with Gasteiger partial charge in [0.25, 0.3) is 0 Å². The number of halogens is 2. The maximum absolute atomic E-state index is 2.66. The van der Waals surface area contributed by atoms with Crippen molar-refractivity contribution in [3.63, 3.8) is 0 Å². The molecule has 6 aromatic rings. The molecule has 0 heterocycles. The number of rotatable bonds is 2. The van der Waals surface area contributed by atoms with Crippen molar-refractivity contribution in [2.75, 3.05) is 0 Å². The Balaban J connectivity index is 0.00000150. The first-order valence-corrected chi connectivity index (χ1v) is 19.4. The average Bonchev–Trinajstić information content (AvgIpc) is 3.69. The van der Waals surface area contributed by atoms with Gasteiger partial charge in [0.05, 0.1) is 0 Å². The van der Waals surface area contributed by atoms with Crippen LogP contribution in [0.5, 0.6) is 0 Å². The zero-order chi connectivity index (χ0) is 26.9. The molecule has 0 radical (unpaired) electrons. The Labute approximate surface area is 273 Å². The van der Waals surface area contributed by atoms with Crippen LogP contribution < -0.4 is 24.8 Å². The van der Waals surface area contributed by atoms with Gasteiger partial charge in [-0.3, -0.25) is 0 Å². The van der Waals surface area contributed by atoms with Gasteiger partial charge in [0, 0.05) is 0 Å². The molecular weight excluding hydrogens is 643 g/mol. The average molecular weight is 675 g/mol. The van der Waals surface area contributed by atoms with Crippen LogP contribution in [0.15, 0.2) is 109 Å². The zero-order valence-corrected chi connectivity index (χ0v) is 28.0. The molecule has 1 saturated carbocycles. The van der Waals surface area contributed by atoms with Crippen LogP contribution in [0, 0.1) is 0 Å². The fraction of sp³-hybridized carbons (Fsp3) is 0.175. The normalized spacial score (nSPS) is 18.3. The van der Waals surface area contributed by atoms with Gasteiger partial charge in [0.2, 0.25) is 0 Å². The second-order valence-corrected chi connectivity index (χ2v) is 19.2. The van der Waals surface area contributed by atoms with Crippen LogP contribution in [0.2, 0.25) is 0 Å². The van der Waals surface area contributed by atoms with Crippen LogP contribution in [-0.4, -0.2) is 3.21 Å². The van der Waals surface area contributed by atoms with Crippen molar-refractivity contribution < 1.29 is 46.1 Å². The summed E-state index contributed by atoms with van der Waals surface area (Å²) in [7, 11) is 0. The van der Waals surface area contributed by atoms with Crippen LogP contribution in [0.4, 0.5) is 0 Å². The summed E-state index contributed by atoms with van der Waals surface area (Å²) in [5.74, 6) is 0. The van der Waals surface area contributed by atoms with E-state index in [9.17, 15) is 0 Å². The van der Waals surface area contributed by atoms with Crippen LogP contribution in [0.25, 0.3) is 55.2 Å². The Morgan fingerprint density at radius 2 is 0.767 bits per heavy atom. The summed E-state index contributed by atoms with van der Waals surface area (Å²) >= 11 is -2.35. The molecule has 3 heteroatoms. The summed E-state index contributed by atoms with van der Waals surface area (Å²) in [5.41, 5.74) is 6.26. The monoisotopic (exact) mass is 672 g/mol. The summed E-state index contributed by atoms with van der Waals surface area (Å²) in [6.45, 7) is 0. The minimum absolute atomic E-state index is 0. The fourth-order valence-electron chi connectivity index (χ4n) is 8.42. The summed E-state index contributed by atoms with van der Waals surface area (Å²) < 4.78 is 3.12. The number of hydrogen-bond donors (Lipinski definition) is 0. The maximum Gasteiger partial charge on any atom is -1.00 e. The van der Waals surface area contributed by atoms with E-state index in [-0.39, 0.29) is 24.8 Å². The summed E-state index contributed by atoms with van der Waals surface area (Å²) in [4.78, 5) is 0. The number of benzene rings is 6. The largest absolute Gasteiger partial charge is 1.00 e. The third kappa shape index (κ3) is 4.38. The molecule has 0 aromatic heterocycles. The summed E-state index contributed by atoms with van der Waals surface area (Å²) in [5, 5.41) is 11.5. The van der Waals surface area contributed by atoms with Gasteiger partial charge in [-0.1, -0.05) is 0 Å². The van der Waals surface area contributed by atoms with E-state index >= 15 is 0 Å². The van der Waals surface area contributed by atoms with Crippen molar-refractivity contribution in [3.8, 4) is 0 Å².